The first-order chi connectivity index (χ1) is 12.2. The number of hydrogen-bond acceptors (Lipinski definition) is 3. The Bertz CT molecular complexity index is 787. The number of carbonyl (C=O) groups excluding carboxylic acids is 2. The number of rotatable bonds is 3. The summed E-state index contributed by atoms with van der Waals surface area (Å²) < 4.78 is 5.37. The van der Waals surface area contributed by atoms with Crippen LogP contribution in [0, 0.1) is 0 Å². The van der Waals surface area contributed by atoms with Gasteiger partial charge in [0.15, 0.2) is 6.10 Å². The second-order valence-electron chi connectivity index (χ2n) is 6.82. The molecule has 0 saturated heterocycles. The van der Waals surface area contributed by atoms with Gasteiger partial charge >= 0.3 is 5.97 Å². The van der Waals surface area contributed by atoms with Crippen LogP contribution in [0.5, 0.6) is 0 Å². The third-order valence-electron chi connectivity index (χ3n) is 5.26. The Morgan fingerprint density at radius 3 is 2.60 bits per heavy atom. The van der Waals surface area contributed by atoms with E-state index in [1.165, 1.54) is 5.56 Å². The van der Waals surface area contributed by atoms with Crippen LogP contribution in [-0.4, -0.2) is 24.0 Å². The van der Waals surface area contributed by atoms with Crippen molar-refractivity contribution >= 4 is 11.9 Å². The van der Waals surface area contributed by atoms with Crippen LogP contribution in [0.15, 0.2) is 54.6 Å². The van der Waals surface area contributed by atoms with Crippen molar-refractivity contribution in [2.24, 2.45) is 0 Å². The second-order valence-corrected chi connectivity index (χ2v) is 6.82. The van der Waals surface area contributed by atoms with Gasteiger partial charge in [0.25, 0.3) is 5.91 Å². The molecule has 1 amide bonds. The molecule has 1 N–H and O–H groups in total. The van der Waals surface area contributed by atoms with E-state index in [0.717, 1.165) is 24.8 Å². The average Bonchev–Trinajstić information content (AvgIpc) is 3.10. The molecule has 1 aliphatic carbocycles. The number of esters is 1. The minimum Gasteiger partial charge on any atom is -0.448 e. The Kier molecular flexibility index (Phi) is 4.26. The first-order valence-corrected chi connectivity index (χ1v) is 8.86. The Hall–Kier alpha value is -2.62. The van der Waals surface area contributed by atoms with Crippen molar-refractivity contribution in [2.45, 2.75) is 43.7 Å². The van der Waals surface area contributed by atoms with Gasteiger partial charge in [0.05, 0.1) is 5.56 Å². The molecule has 2 aromatic rings. The fraction of sp³-hybridized carbons (Fsp3) is 0.333. The molecule has 0 unspecified atom stereocenters. The lowest BCUT2D eigenvalue weighted by molar-refractivity contribution is -0.131. The zero-order valence-corrected chi connectivity index (χ0v) is 14.0. The van der Waals surface area contributed by atoms with Crippen molar-refractivity contribution in [3.05, 3.63) is 71.3 Å². The van der Waals surface area contributed by atoms with Crippen molar-refractivity contribution in [1.82, 2.24) is 5.32 Å². The van der Waals surface area contributed by atoms with Crippen LogP contribution in [0.3, 0.4) is 0 Å². The minimum absolute atomic E-state index is 0.103. The zero-order valence-electron chi connectivity index (χ0n) is 14.0. The van der Waals surface area contributed by atoms with E-state index >= 15 is 0 Å². The van der Waals surface area contributed by atoms with Crippen molar-refractivity contribution < 1.29 is 14.3 Å². The van der Waals surface area contributed by atoms with Crippen LogP contribution in [0.4, 0.5) is 0 Å². The van der Waals surface area contributed by atoms with Crippen LogP contribution in [0.25, 0.3) is 0 Å². The summed E-state index contributed by atoms with van der Waals surface area (Å²) in [7, 11) is 0. The molecule has 4 rings (SSSR count). The quantitative estimate of drug-likeness (QED) is 0.876. The number of amides is 1. The molecule has 1 heterocycles. The Labute approximate surface area is 147 Å². The van der Waals surface area contributed by atoms with Gasteiger partial charge in [-0.05, 0) is 30.0 Å². The van der Waals surface area contributed by atoms with Gasteiger partial charge in [0.2, 0.25) is 0 Å². The van der Waals surface area contributed by atoms with Gasteiger partial charge in [-0.25, -0.2) is 4.79 Å². The van der Waals surface area contributed by atoms with Crippen LogP contribution < -0.4 is 5.32 Å². The summed E-state index contributed by atoms with van der Waals surface area (Å²) in [4.78, 5) is 24.8. The standard InChI is InChI=1S/C21H21NO3/c23-20(19-13-15-9-4-5-10-17(15)21(24)25-19)22-18-12-6-11-16(18)14-7-2-1-3-8-14/h1-5,7-10,16,18-19H,6,11-13H2,(H,22,23)/t16-,18+,19-/m0/s1. The molecule has 4 heteroatoms. The number of fused-ring (bicyclic) bond motifs is 1. The minimum atomic E-state index is -0.737. The first-order valence-electron chi connectivity index (χ1n) is 8.86. The largest absolute Gasteiger partial charge is 0.448 e. The number of ether oxygens (including phenoxy) is 1. The number of nitrogens with one attached hydrogen (secondary N) is 1. The molecule has 0 radical (unpaired) electrons. The monoisotopic (exact) mass is 335 g/mol. The van der Waals surface area contributed by atoms with E-state index in [2.05, 4.69) is 17.4 Å². The smallest absolute Gasteiger partial charge is 0.339 e. The van der Waals surface area contributed by atoms with Crippen LogP contribution in [-0.2, 0) is 16.0 Å². The van der Waals surface area contributed by atoms with Gasteiger partial charge in [-0.1, -0.05) is 55.0 Å². The molecule has 0 aromatic heterocycles. The highest BCUT2D eigenvalue weighted by atomic mass is 16.5. The van der Waals surface area contributed by atoms with Gasteiger partial charge in [-0.3, -0.25) is 4.79 Å². The van der Waals surface area contributed by atoms with Gasteiger partial charge in [0.1, 0.15) is 0 Å². The summed E-state index contributed by atoms with van der Waals surface area (Å²) in [6, 6.07) is 17.7. The highest BCUT2D eigenvalue weighted by Gasteiger charge is 2.35. The van der Waals surface area contributed by atoms with E-state index < -0.39 is 12.1 Å². The number of carbonyl (C=O) groups is 2. The van der Waals surface area contributed by atoms with E-state index in [-0.39, 0.29) is 11.9 Å². The maximum Gasteiger partial charge on any atom is 0.339 e. The second kappa shape index (κ2) is 6.71. The molecule has 25 heavy (non-hydrogen) atoms. The highest BCUT2D eigenvalue weighted by Crippen LogP contribution is 2.34. The zero-order chi connectivity index (χ0) is 17.2. The molecule has 1 aliphatic heterocycles. The molecule has 128 valence electrons. The molecule has 4 nitrogen and oxygen atoms in total. The van der Waals surface area contributed by atoms with Crippen molar-refractivity contribution in [2.75, 3.05) is 0 Å². The normalized spacial score (nSPS) is 25.1. The lowest BCUT2D eigenvalue weighted by Crippen LogP contribution is -2.46. The van der Waals surface area contributed by atoms with Gasteiger partial charge < -0.3 is 10.1 Å². The molecular formula is C21H21NO3. The molecule has 2 aliphatic rings. The fourth-order valence-corrected chi connectivity index (χ4v) is 3.99. The van der Waals surface area contributed by atoms with E-state index in [9.17, 15) is 9.59 Å². The summed E-state index contributed by atoms with van der Waals surface area (Å²) >= 11 is 0. The Morgan fingerprint density at radius 2 is 1.76 bits per heavy atom. The number of benzene rings is 2. The number of hydrogen-bond donors (Lipinski definition) is 1. The Morgan fingerprint density at radius 1 is 1.00 bits per heavy atom. The molecule has 1 fully saturated rings. The summed E-state index contributed by atoms with van der Waals surface area (Å²) in [5.74, 6) is -0.263. The fourth-order valence-electron chi connectivity index (χ4n) is 3.99. The molecule has 2 aromatic carbocycles. The van der Waals surface area contributed by atoms with Crippen molar-refractivity contribution in [3.8, 4) is 0 Å². The lowest BCUT2D eigenvalue weighted by atomic mass is 9.93. The third kappa shape index (κ3) is 3.16. The summed E-state index contributed by atoms with van der Waals surface area (Å²) in [6.07, 6.45) is 2.83. The molecule has 3 atom stereocenters. The van der Waals surface area contributed by atoms with Crippen molar-refractivity contribution in [3.63, 3.8) is 0 Å². The van der Waals surface area contributed by atoms with E-state index in [1.807, 2.05) is 36.4 Å². The molecule has 1 saturated carbocycles. The average molecular weight is 335 g/mol. The SMILES string of the molecule is O=C1O[C@H](C(=O)N[C@@H]2CCC[C@H]2c2ccccc2)Cc2ccccc21. The predicted octanol–water partition coefficient (Wildman–Crippen LogP) is 3.22. The highest BCUT2D eigenvalue weighted by molar-refractivity contribution is 5.95. The van der Waals surface area contributed by atoms with Gasteiger partial charge in [0, 0.05) is 18.4 Å². The summed E-state index contributed by atoms with van der Waals surface area (Å²) in [5, 5.41) is 3.13. The third-order valence-corrected chi connectivity index (χ3v) is 5.26. The molecule has 0 bridgehead atoms. The number of cyclic esters (lactones) is 1. The lowest BCUT2D eigenvalue weighted by Gasteiger charge is -2.27. The Balaban J connectivity index is 1.46. The van der Waals surface area contributed by atoms with Crippen LogP contribution in [0.1, 0.15) is 46.7 Å². The summed E-state index contributed by atoms with van der Waals surface area (Å²) in [5.41, 5.74) is 2.70. The van der Waals surface area contributed by atoms with E-state index in [0.29, 0.717) is 17.9 Å². The van der Waals surface area contributed by atoms with Crippen molar-refractivity contribution in [1.29, 1.82) is 0 Å². The van der Waals surface area contributed by atoms with Crippen LogP contribution in [0.2, 0.25) is 0 Å². The summed E-state index contributed by atoms with van der Waals surface area (Å²) in [6.45, 7) is 0. The maximum absolute atomic E-state index is 12.7. The van der Waals surface area contributed by atoms with Crippen LogP contribution >= 0.6 is 0 Å². The molecule has 0 spiro atoms. The first kappa shape index (κ1) is 15.9. The van der Waals surface area contributed by atoms with E-state index in [1.54, 1.807) is 6.07 Å². The maximum atomic E-state index is 12.7. The topological polar surface area (TPSA) is 55.4 Å². The van der Waals surface area contributed by atoms with Gasteiger partial charge in [-0.2, -0.15) is 0 Å². The van der Waals surface area contributed by atoms with Gasteiger partial charge in [-0.15, -0.1) is 0 Å². The molecular weight excluding hydrogens is 314 g/mol. The van der Waals surface area contributed by atoms with E-state index in [4.69, 9.17) is 4.74 Å². The predicted molar refractivity (Wildman–Crippen MR) is 94.3 cm³/mol.